The summed E-state index contributed by atoms with van der Waals surface area (Å²) in [6.45, 7) is 10.5. The van der Waals surface area contributed by atoms with Crippen LogP contribution >= 0.6 is 11.6 Å². The third-order valence-corrected chi connectivity index (χ3v) is 4.84. The highest BCUT2D eigenvalue weighted by molar-refractivity contribution is 6.30. The summed E-state index contributed by atoms with van der Waals surface area (Å²) >= 11 is 6.16. The van der Waals surface area contributed by atoms with Gasteiger partial charge in [0, 0.05) is 11.6 Å². The molecule has 0 saturated heterocycles. The number of halogens is 1. The fraction of sp³-hybridized carbons (Fsp3) is 0.421. The first-order valence-corrected chi connectivity index (χ1v) is 9.43. The molecule has 0 aliphatic carbocycles. The van der Waals surface area contributed by atoms with Gasteiger partial charge in [-0.3, -0.25) is 0 Å². The van der Waals surface area contributed by atoms with Crippen LogP contribution in [0.15, 0.2) is 30.7 Å². The number of hydrogen-bond acceptors (Lipinski definition) is 5. The van der Waals surface area contributed by atoms with Crippen LogP contribution in [0.2, 0.25) is 5.02 Å². The Morgan fingerprint density at radius 1 is 1.19 bits per heavy atom. The molecule has 0 unspecified atom stereocenters. The van der Waals surface area contributed by atoms with Crippen molar-refractivity contribution in [3.05, 3.63) is 41.3 Å². The molecule has 0 amide bonds. The van der Waals surface area contributed by atoms with Gasteiger partial charge in [0.05, 0.1) is 17.3 Å². The van der Waals surface area contributed by atoms with E-state index in [0.717, 1.165) is 60.7 Å². The summed E-state index contributed by atoms with van der Waals surface area (Å²) in [4.78, 5) is 11.2. The highest BCUT2D eigenvalue weighted by Crippen LogP contribution is 2.25. The van der Waals surface area contributed by atoms with E-state index in [1.807, 2.05) is 36.0 Å². The van der Waals surface area contributed by atoms with E-state index in [2.05, 4.69) is 39.1 Å². The number of nitrogens with one attached hydrogen (secondary N) is 1. The first-order chi connectivity index (χ1) is 12.6. The number of aromatic nitrogens is 4. The second kappa shape index (κ2) is 8.47. The van der Waals surface area contributed by atoms with Gasteiger partial charge < -0.3 is 10.2 Å². The molecule has 2 heterocycles. The monoisotopic (exact) mass is 372 g/mol. The van der Waals surface area contributed by atoms with E-state index in [1.165, 1.54) is 0 Å². The molecule has 0 atom stereocenters. The van der Waals surface area contributed by atoms with Gasteiger partial charge >= 0.3 is 0 Å². The van der Waals surface area contributed by atoms with E-state index in [-0.39, 0.29) is 0 Å². The molecule has 26 heavy (non-hydrogen) atoms. The minimum Gasteiger partial charge on any atom is -0.369 e. The number of rotatable bonds is 8. The summed E-state index contributed by atoms with van der Waals surface area (Å²) in [5, 5.41) is 9.53. The molecule has 0 saturated carbocycles. The fourth-order valence-corrected chi connectivity index (χ4v) is 3.19. The molecule has 138 valence electrons. The predicted molar refractivity (Wildman–Crippen MR) is 107 cm³/mol. The molecule has 1 aromatic carbocycles. The van der Waals surface area contributed by atoms with Crippen molar-refractivity contribution in [1.82, 2.24) is 24.6 Å². The molecule has 0 bridgehead atoms. The SMILES string of the molecule is CCN(CC)CCCNc1ncnc2c1cnn2-c1cc(Cl)ccc1C. The van der Waals surface area contributed by atoms with Crippen LogP contribution in [0.5, 0.6) is 0 Å². The van der Waals surface area contributed by atoms with Crippen LogP contribution in [0.3, 0.4) is 0 Å². The van der Waals surface area contributed by atoms with Gasteiger partial charge in [-0.15, -0.1) is 0 Å². The molecule has 1 N–H and O–H groups in total. The Hall–Kier alpha value is -2.18. The molecule has 0 spiro atoms. The van der Waals surface area contributed by atoms with Crippen LogP contribution in [-0.2, 0) is 0 Å². The van der Waals surface area contributed by atoms with Crippen molar-refractivity contribution in [3.8, 4) is 5.69 Å². The van der Waals surface area contributed by atoms with E-state index in [0.29, 0.717) is 5.02 Å². The second-order valence-corrected chi connectivity index (χ2v) is 6.69. The molecular formula is C19H25ClN6. The smallest absolute Gasteiger partial charge is 0.168 e. The highest BCUT2D eigenvalue weighted by Gasteiger charge is 2.12. The van der Waals surface area contributed by atoms with Crippen LogP contribution in [-0.4, -0.2) is 50.8 Å². The Balaban J connectivity index is 1.80. The summed E-state index contributed by atoms with van der Waals surface area (Å²) in [6, 6.07) is 5.77. The lowest BCUT2D eigenvalue weighted by molar-refractivity contribution is 0.303. The Morgan fingerprint density at radius 3 is 2.77 bits per heavy atom. The van der Waals surface area contributed by atoms with Crippen molar-refractivity contribution >= 4 is 28.5 Å². The molecule has 0 radical (unpaired) electrons. The molecule has 3 aromatic rings. The quantitative estimate of drug-likeness (QED) is 0.607. The summed E-state index contributed by atoms with van der Waals surface area (Å²) in [7, 11) is 0. The maximum Gasteiger partial charge on any atom is 0.168 e. The van der Waals surface area contributed by atoms with E-state index < -0.39 is 0 Å². The van der Waals surface area contributed by atoms with Gasteiger partial charge in [-0.05, 0) is 50.7 Å². The first-order valence-electron chi connectivity index (χ1n) is 9.05. The Bertz CT molecular complexity index is 872. The zero-order valence-electron chi connectivity index (χ0n) is 15.5. The van der Waals surface area contributed by atoms with Crippen molar-refractivity contribution in [1.29, 1.82) is 0 Å². The van der Waals surface area contributed by atoms with Gasteiger partial charge in [0.1, 0.15) is 12.1 Å². The van der Waals surface area contributed by atoms with Crippen LogP contribution in [0, 0.1) is 6.92 Å². The molecule has 6 nitrogen and oxygen atoms in total. The maximum atomic E-state index is 6.16. The minimum atomic E-state index is 0.679. The molecule has 0 fully saturated rings. The summed E-state index contributed by atoms with van der Waals surface area (Å²) in [5.74, 6) is 0.820. The molecule has 0 aliphatic rings. The predicted octanol–water partition coefficient (Wildman–Crippen LogP) is 3.92. The third-order valence-electron chi connectivity index (χ3n) is 4.60. The largest absolute Gasteiger partial charge is 0.369 e. The number of nitrogens with zero attached hydrogens (tertiary/aromatic N) is 5. The number of anilines is 1. The normalized spacial score (nSPS) is 11.4. The van der Waals surface area contributed by atoms with Gasteiger partial charge in [0.15, 0.2) is 5.65 Å². The Kier molecular flexibility index (Phi) is 6.06. The van der Waals surface area contributed by atoms with E-state index in [9.17, 15) is 0 Å². The molecule has 2 aromatic heterocycles. The standard InChI is InChI=1S/C19H25ClN6/c1-4-25(5-2)10-6-9-21-18-16-12-24-26(19(16)23-13-22-18)17-11-15(20)8-7-14(17)3/h7-8,11-13H,4-6,9-10H2,1-3H3,(H,21,22,23). The highest BCUT2D eigenvalue weighted by atomic mass is 35.5. The van der Waals surface area contributed by atoms with Gasteiger partial charge in [0.2, 0.25) is 0 Å². The lowest BCUT2D eigenvalue weighted by Crippen LogP contribution is -2.25. The van der Waals surface area contributed by atoms with Crippen LogP contribution in [0.4, 0.5) is 5.82 Å². The summed E-state index contributed by atoms with van der Waals surface area (Å²) < 4.78 is 1.82. The van der Waals surface area contributed by atoms with Gasteiger partial charge in [-0.2, -0.15) is 5.10 Å². The lowest BCUT2D eigenvalue weighted by Gasteiger charge is -2.17. The van der Waals surface area contributed by atoms with Gasteiger partial charge in [-0.25, -0.2) is 14.6 Å². The van der Waals surface area contributed by atoms with Crippen LogP contribution < -0.4 is 5.32 Å². The van der Waals surface area contributed by atoms with E-state index in [4.69, 9.17) is 11.6 Å². The van der Waals surface area contributed by atoms with Crippen molar-refractivity contribution in [3.63, 3.8) is 0 Å². The average Bonchev–Trinajstić information content (AvgIpc) is 3.08. The summed E-state index contributed by atoms with van der Waals surface area (Å²) in [6.07, 6.45) is 4.45. The van der Waals surface area contributed by atoms with E-state index in [1.54, 1.807) is 6.33 Å². The van der Waals surface area contributed by atoms with Crippen molar-refractivity contribution < 1.29 is 0 Å². The summed E-state index contributed by atoms with van der Waals surface area (Å²) in [5.41, 5.74) is 2.79. The Morgan fingerprint density at radius 2 is 2.00 bits per heavy atom. The second-order valence-electron chi connectivity index (χ2n) is 6.25. The number of fused-ring (bicyclic) bond motifs is 1. The maximum absolute atomic E-state index is 6.16. The third kappa shape index (κ3) is 3.97. The van der Waals surface area contributed by atoms with Crippen LogP contribution in [0.25, 0.3) is 16.7 Å². The van der Waals surface area contributed by atoms with Crippen molar-refractivity contribution in [2.75, 3.05) is 31.5 Å². The van der Waals surface area contributed by atoms with Gasteiger partial charge in [0.25, 0.3) is 0 Å². The van der Waals surface area contributed by atoms with E-state index >= 15 is 0 Å². The lowest BCUT2D eigenvalue weighted by atomic mass is 10.2. The van der Waals surface area contributed by atoms with Crippen molar-refractivity contribution in [2.45, 2.75) is 27.2 Å². The molecule has 0 aliphatic heterocycles. The number of benzene rings is 1. The first kappa shape index (κ1) is 18.6. The van der Waals surface area contributed by atoms with Gasteiger partial charge in [-0.1, -0.05) is 31.5 Å². The number of hydrogen-bond donors (Lipinski definition) is 1. The van der Waals surface area contributed by atoms with Crippen molar-refractivity contribution in [2.24, 2.45) is 0 Å². The Labute approximate surface area is 159 Å². The zero-order chi connectivity index (χ0) is 18.5. The fourth-order valence-electron chi connectivity index (χ4n) is 3.02. The minimum absolute atomic E-state index is 0.679. The average molecular weight is 373 g/mol. The number of aryl methyl sites for hydroxylation is 1. The molecule has 7 heteroatoms. The molecule has 3 rings (SSSR count). The molecular weight excluding hydrogens is 348 g/mol. The zero-order valence-corrected chi connectivity index (χ0v) is 16.3. The van der Waals surface area contributed by atoms with Crippen LogP contribution in [0.1, 0.15) is 25.8 Å². The topological polar surface area (TPSA) is 58.9 Å².